The van der Waals surface area contributed by atoms with Gasteiger partial charge in [-0.25, -0.2) is 0 Å². The summed E-state index contributed by atoms with van der Waals surface area (Å²) in [6.07, 6.45) is 6.19. The average Bonchev–Trinajstić information content (AvgIpc) is 2.60. The Kier molecular flexibility index (Phi) is 6.72. The molecule has 0 spiro atoms. The van der Waals surface area contributed by atoms with Gasteiger partial charge in [0, 0.05) is 58.6 Å². The van der Waals surface area contributed by atoms with Crippen LogP contribution in [0.4, 0.5) is 0 Å². The number of methoxy groups -OCH3 is 1. The summed E-state index contributed by atoms with van der Waals surface area (Å²) in [7, 11) is 1.78. The number of hydrogen-bond acceptors (Lipinski definition) is 5. The molecule has 5 heteroatoms. The van der Waals surface area contributed by atoms with Crippen LogP contribution < -0.4 is 0 Å². The van der Waals surface area contributed by atoms with Crippen LogP contribution in [0.15, 0.2) is 0 Å². The highest BCUT2D eigenvalue weighted by Crippen LogP contribution is 2.40. The largest absolute Gasteiger partial charge is 0.383 e. The van der Waals surface area contributed by atoms with Gasteiger partial charge in [-0.15, -0.1) is 0 Å². The van der Waals surface area contributed by atoms with Crippen molar-refractivity contribution in [3.05, 3.63) is 0 Å². The van der Waals surface area contributed by atoms with Gasteiger partial charge in [-0.3, -0.25) is 0 Å². The fourth-order valence-electron chi connectivity index (χ4n) is 4.35. The number of fused-ring (bicyclic) bond motifs is 1. The second kappa shape index (κ2) is 8.77. The molecule has 2 atom stereocenters. The molecule has 3 saturated heterocycles. The summed E-state index contributed by atoms with van der Waals surface area (Å²) in [4.78, 5) is 2.53. The first kappa shape index (κ1) is 17.6. The van der Waals surface area contributed by atoms with Crippen molar-refractivity contribution in [1.82, 2.24) is 4.90 Å². The molecule has 3 rings (SSSR count). The van der Waals surface area contributed by atoms with E-state index in [1.54, 1.807) is 7.11 Å². The van der Waals surface area contributed by atoms with Gasteiger partial charge in [0.15, 0.2) is 0 Å². The van der Waals surface area contributed by atoms with E-state index in [0.717, 1.165) is 85.0 Å². The maximum Gasteiger partial charge on any atom is 0.0677 e. The van der Waals surface area contributed by atoms with Crippen LogP contribution in [0.3, 0.4) is 0 Å². The normalized spacial score (nSPS) is 33.5. The van der Waals surface area contributed by atoms with Crippen LogP contribution in [0.2, 0.25) is 0 Å². The predicted octanol–water partition coefficient (Wildman–Crippen LogP) is 1.95. The minimum atomic E-state index is 0.190. The predicted molar refractivity (Wildman–Crippen MR) is 88.7 cm³/mol. The van der Waals surface area contributed by atoms with Crippen LogP contribution in [0.25, 0.3) is 0 Å². The van der Waals surface area contributed by atoms with Crippen LogP contribution in [0, 0.1) is 11.3 Å². The molecule has 0 saturated carbocycles. The third kappa shape index (κ3) is 4.67. The Hall–Kier alpha value is -0.200. The van der Waals surface area contributed by atoms with E-state index in [1.165, 1.54) is 6.42 Å². The van der Waals surface area contributed by atoms with E-state index in [9.17, 15) is 0 Å². The zero-order chi connectivity index (χ0) is 16.0. The van der Waals surface area contributed by atoms with Gasteiger partial charge >= 0.3 is 0 Å². The van der Waals surface area contributed by atoms with Gasteiger partial charge in [0.1, 0.15) is 0 Å². The summed E-state index contributed by atoms with van der Waals surface area (Å²) in [5, 5.41) is 0. The first-order valence-electron chi connectivity index (χ1n) is 9.31. The maximum absolute atomic E-state index is 6.23. The molecule has 0 aromatic carbocycles. The van der Waals surface area contributed by atoms with E-state index in [1.807, 2.05) is 0 Å². The highest BCUT2D eigenvalue weighted by Gasteiger charge is 2.46. The first-order chi connectivity index (χ1) is 11.3. The highest BCUT2D eigenvalue weighted by atomic mass is 16.5. The second-order valence-electron chi connectivity index (χ2n) is 7.45. The van der Waals surface area contributed by atoms with Gasteiger partial charge in [-0.1, -0.05) is 0 Å². The number of piperidine rings is 1. The van der Waals surface area contributed by atoms with Crippen LogP contribution >= 0.6 is 0 Å². The fraction of sp³-hybridized carbons (Fsp3) is 1.00. The molecule has 0 aromatic rings. The lowest BCUT2D eigenvalue weighted by Crippen LogP contribution is -2.57. The van der Waals surface area contributed by atoms with E-state index in [-0.39, 0.29) is 5.41 Å². The Bertz CT molecular complexity index is 348. The molecule has 0 aliphatic carbocycles. The van der Waals surface area contributed by atoms with Crippen LogP contribution in [0.5, 0.6) is 0 Å². The zero-order valence-corrected chi connectivity index (χ0v) is 14.6. The number of rotatable bonds is 7. The summed E-state index contributed by atoms with van der Waals surface area (Å²) in [6, 6.07) is 0. The monoisotopic (exact) mass is 327 g/mol. The molecule has 0 unspecified atom stereocenters. The standard InChI is InChI=1S/C18H33NO4/c1-20-12-8-19-7-3-17-18(14-19,6-2-9-23-17)15-22-13-16-4-10-21-11-5-16/h16-17H,2-15H2,1H3/t17-,18-/m0/s1. The quantitative estimate of drug-likeness (QED) is 0.715. The van der Waals surface area contributed by atoms with E-state index in [2.05, 4.69) is 4.90 Å². The summed E-state index contributed by atoms with van der Waals surface area (Å²) in [5.74, 6) is 0.677. The van der Waals surface area contributed by atoms with E-state index in [0.29, 0.717) is 12.0 Å². The number of nitrogens with zero attached hydrogens (tertiary/aromatic N) is 1. The Balaban J connectivity index is 1.52. The van der Waals surface area contributed by atoms with Gasteiger partial charge in [-0.2, -0.15) is 0 Å². The smallest absolute Gasteiger partial charge is 0.0677 e. The molecular weight excluding hydrogens is 294 g/mol. The van der Waals surface area contributed by atoms with Crippen molar-refractivity contribution in [2.75, 3.05) is 66.4 Å². The van der Waals surface area contributed by atoms with Crippen molar-refractivity contribution >= 4 is 0 Å². The maximum atomic E-state index is 6.23. The fourth-order valence-corrected chi connectivity index (χ4v) is 4.35. The lowest BCUT2D eigenvalue weighted by Gasteiger charge is -2.50. The summed E-state index contributed by atoms with van der Waals surface area (Å²) < 4.78 is 23.1. The molecule has 0 N–H and O–H groups in total. The van der Waals surface area contributed by atoms with Crippen molar-refractivity contribution in [3.8, 4) is 0 Å². The average molecular weight is 327 g/mol. The van der Waals surface area contributed by atoms with E-state index >= 15 is 0 Å². The van der Waals surface area contributed by atoms with Crippen LogP contribution in [0.1, 0.15) is 32.1 Å². The van der Waals surface area contributed by atoms with Crippen molar-refractivity contribution < 1.29 is 18.9 Å². The summed E-state index contributed by atoms with van der Waals surface area (Å²) in [5.41, 5.74) is 0.190. The first-order valence-corrected chi connectivity index (χ1v) is 9.31. The van der Waals surface area contributed by atoms with E-state index < -0.39 is 0 Å². The molecule has 3 aliphatic rings. The minimum Gasteiger partial charge on any atom is -0.383 e. The number of likely N-dealkylation sites (tertiary alicyclic amines) is 1. The summed E-state index contributed by atoms with van der Waals surface area (Å²) in [6.45, 7) is 8.49. The molecule has 3 fully saturated rings. The molecule has 0 amide bonds. The van der Waals surface area contributed by atoms with Gasteiger partial charge in [-0.05, 0) is 38.0 Å². The van der Waals surface area contributed by atoms with Crippen LogP contribution in [-0.2, 0) is 18.9 Å². The molecule has 0 bridgehead atoms. The van der Waals surface area contributed by atoms with Crippen molar-refractivity contribution in [2.24, 2.45) is 11.3 Å². The third-order valence-corrected chi connectivity index (χ3v) is 5.76. The third-order valence-electron chi connectivity index (χ3n) is 5.76. The molecule has 3 heterocycles. The minimum absolute atomic E-state index is 0.190. The zero-order valence-electron chi connectivity index (χ0n) is 14.6. The van der Waals surface area contributed by atoms with Crippen LogP contribution in [-0.4, -0.2) is 77.4 Å². The lowest BCUT2D eigenvalue weighted by atomic mass is 9.73. The van der Waals surface area contributed by atoms with E-state index in [4.69, 9.17) is 18.9 Å². The van der Waals surface area contributed by atoms with Crippen molar-refractivity contribution in [1.29, 1.82) is 0 Å². The van der Waals surface area contributed by atoms with Gasteiger partial charge in [0.05, 0.1) is 19.3 Å². The molecular formula is C18H33NO4. The van der Waals surface area contributed by atoms with Gasteiger partial charge in [0.25, 0.3) is 0 Å². The molecule has 5 nitrogen and oxygen atoms in total. The Morgan fingerprint density at radius 1 is 1.17 bits per heavy atom. The topological polar surface area (TPSA) is 40.2 Å². The molecule has 23 heavy (non-hydrogen) atoms. The number of ether oxygens (including phenoxy) is 4. The second-order valence-corrected chi connectivity index (χ2v) is 7.45. The Morgan fingerprint density at radius 3 is 2.87 bits per heavy atom. The summed E-state index contributed by atoms with van der Waals surface area (Å²) >= 11 is 0. The Labute approximate surface area is 140 Å². The van der Waals surface area contributed by atoms with Gasteiger partial charge in [0.2, 0.25) is 0 Å². The molecule has 0 radical (unpaired) electrons. The highest BCUT2D eigenvalue weighted by molar-refractivity contribution is 4.96. The SMILES string of the molecule is COCCN1CC[C@@H]2OCCC[C@@]2(COCC2CCOCC2)C1. The van der Waals surface area contributed by atoms with Crippen molar-refractivity contribution in [3.63, 3.8) is 0 Å². The molecule has 0 aromatic heterocycles. The number of hydrogen-bond donors (Lipinski definition) is 0. The Morgan fingerprint density at radius 2 is 2.04 bits per heavy atom. The lowest BCUT2D eigenvalue weighted by molar-refractivity contribution is -0.157. The molecule has 3 aliphatic heterocycles. The molecule has 134 valence electrons. The van der Waals surface area contributed by atoms with Crippen molar-refractivity contribution in [2.45, 2.75) is 38.2 Å². The van der Waals surface area contributed by atoms with Gasteiger partial charge < -0.3 is 23.8 Å².